The molecular weight excluding hydrogens is 320 g/mol. The third kappa shape index (κ3) is 2.79. The minimum absolute atomic E-state index is 0.664. The van der Waals surface area contributed by atoms with E-state index in [4.69, 9.17) is 11.6 Å². The molecule has 24 heavy (non-hydrogen) atoms. The van der Waals surface area contributed by atoms with Crippen molar-refractivity contribution in [3.63, 3.8) is 0 Å². The van der Waals surface area contributed by atoms with Crippen LogP contribution < -0.4 is 0 Å². The van der Waals surface area contributed by atoms with Gasteiger partial charge in [-0.2, -0.15) is 5.10 Å². The quantitative estimate of drug-likeness (QED) is 0.548. The first-order chi connectivity index (χ1) is 11.8. The average molecular weight is 333 g/mol. The minimum atomic E-state index is 0.664. The fourth-order valence-electron chi connectivity index (χ4n) is 2.51. The summed E-state index contributed by atoms with van der Waals surface area (Å²) in [6, 6.07) is 17.4. The fourth-order valence-corrected chi connectivity index (χ4v) is 2.79. The van der Waals surface area contributed by atoms with E-state index in [9.17, 15) is 0 Å². The molecule has 0 aliphatic rings. The Kier molecular flexibility index (Phi) is 3.81. The number of rotatable bonds is 3. The number of aromatic nitrogens is 4. The van der Waals surface area contributed by atoms with Crippen molar-refractivity contribution in [2.75, 3.05) is 0 Å². The van der Waals surface area contributed by atoms with E-state index >= 15 is 0 Å². The molecule has 0 saturated carbocycles. The second kappa shape index (κ2) is 6.26. The molecule has 3 heterocycles. The van der Waals surface area contributed by atoms with Crippen LogP contribution in [0.4, 0.5) is 0 Å². The Morgan fingerprint density at radius 3 is 2.38 bits per heavy atom. The van der Waals surface area contributed by atoms with Crippen molar-refractivity contribution in [1.82, 2.24) is 19.7 Å². The Hall–Kier alpha value is -2.98. The van der Waals surface area contributed by atoms with E-state index in [1.807, 2.05) is 60.8 Å². The first kappa shape index (κ1) is 14.6. The molecule has 3 aromatic heterocycles. The summed E-state index contributed by atoms with van der Waals surface area (Å²) < 4.78 is 1.75. The molecule has 4 aromatic rings. The highest BCUT2D eigenvalue weighted by atomic mass is 35.5. The van der Waals surface area contributed by atoms with Gasteiger partial charge in [0.05, 0.1) is 16.9 Å². The molecule has 0 unspecified atom stereocenters. The third-order valence-corrected chi connectivity index (χ3v) is 4.02. The maximum atomic E-state index is 6.46. The van der Waals surface area contributed by atoms with Crippen LogP contribution in [0.25, 0.3) is 28.2 Å². The molecule has 0 aliphatic carbocycles. The molecule has 5 heteroatoms. The Labute approximate surface area is 144 Å². The largest absolute Gasteiger partial charge is 0.256 e. The Morgan fingerprint density at radius 2 is 1.67 bits per heavy atom. The number of hydrogen-bond donors (Lipinski definition) is 0. The SMILES string of the molecule is Clc1cc(-c2cnn(-c3ccccn3)c2)ccc1-c1ccccn1. The van der Waals surface area contributed by atoms with Gasteiger partial charge in [0.15, 0.2) is 5.82 Å². The number of halogens is 1. The summed E-state index contributed by atoms with van der Waals surface area (Å²) in [5.41, 5.74) is 3.76. The zero-order valence-electron chi connectivity index (χ0n) is 12.7. The summed E-state index contributed by atoms with van der Waals surface area (Å²) in [6.45, 7) is 0. The maximum absolute atomic E-state index is 6.46. The van der Waals surface area contributed by atoms with E-state index in [0.717, 1.165) is 28.2 Å². The van der Waals surface area contributed by atoms with Crippen molar-refractivity contribution in [1.29, 1.82) is 0 Å². The van der Waals surface area contributed by atoms with Gasteiger partial charge in [-0.15, -0.1) is 0 Å². The van der Waals surface area contributed by atoms with Crippen molar-refractivity contribution >= 4 is 11.6 Å². The number of pyridine rings is 2. The standard InChI is InChI=1S/C19H13ClN4/c20-17-11-14(7-8-16(17)18-5-1-3-9-21-18)15-12-23-24(13-15)19-6-2-4-10-22-19/h1-13H. The van der Waals surface area contributed by atoms with Crippen LogP contribution in [-0.4, -0.2) is 19.7 Å². The summed E-state index contributed by atoms with van der Waals surface area (Å²) in [4.78, 5) is 8.64. The van der Waals surface area contributed by atoms with Crippen molar-refractivity contribution < 1.29 is 0 Å². The predicted molar refractivity (Wildman–Crippen MR) is 95.0 cm³/mol. The van der Waals surface area contributed by atoms with Gasteiger partial charge in [0.25, 0.3) is 0 Å². The van der Waals surface area contributed by atoms with Crippen LogP contribution in [-0.2, 0) is 0 Å². The van der Waals surface area contributed by atoms with Crippen LogP contribution in [0.5, 0.6) is 0 Å². The number of benzene rings is 1. The van der Waals surface area contributed by atoms with Crippen molar-refractivity contribution in [3.8, 4) is 28.2 Å². The van der Waals surface area contributed by atoms with Gasteiger partial charge < -0.3 is 0 Å². The molecular formula is C19H13ClN4. The smallest absolute Gasteiger partial charge is 0.153 e. The molecule has 0 saturated heterocycles. The zero-order valence-corrected chi connectivity index (χ0v) is 13.4. The van der Waals surface area contributed by atoms with E-state index < -0.39 is 0 Å². The third-order valence-electron chi connectivity index (χ3n) is 3.71. The lowest BCUT2D eigenvalue weighted by Crippen LogP contribution is -1.95. The summed E-state index contributed by atoms with van der Waals surface area (Å²) in [6.07, 6.45) is 7.25. The summed E-state index contributed by atoms with van der Waals surface area (Å²) in [5, 5.41) is 5.04. The highest BCUT2D eigenvalue weighted by Crippen LogP contribution is 2.31. The van der Waals surface area contributed by atoms with E-state index in [2.05, 4.69) is 15.1 Å². The van der Waals surface area contributed by atoms with Crippen molar-refractivity contribution in [2.24, 2.45) is 0 Å². The van der Waals surface area contributed by atoms with Gasteiger partial charge in [-0.3, -0.25) is 4.98 Å². The summed E-state index contributed by atoms with van der Waals surface area (Å²) in [5.74, 6) is 0.778. The molecule has 0 atom stereocenters. The minimum Gasteiger partial charge on any atom is -0.256 e. The van der Waals surface area contributed by atoms with Crippen LogP contribution in [0.15, 0.2) is 79.4 Å². The van der Waals surface area contributed by atoms with Crippen LogP contribution in [0.3, 0.4) is 0 Å². The molecule has 4 nitrogen and oxygen atoms in total. The topological polar surface area (TPSA) is 43.6 Å². The first-order valence-electron chi connectivity index (χ1n) is 7.49. The van der Waals surface area contributed by atoms with Crippen LogP contribution >= 0.6 is 11.6 Å². The van der Waals surface area contributed by atoms with Crippen LogP contribution in [0, 0.1) is 0 Å². The highest BCUT2D eigenvalue weighted by Gasteiger charge is 2.09. The van der Waals surface area contributed by atoms with Gasteiger partial charge in [-0.1, -0.05) is 35.9 Å². The van der Waals surface area contributed by atoms with Crippen LogP contribution in [0.1, 0.15) is 0 Å². The second-order valence-corrected chi connectivity index (χ2v) is 5.68. The highest BCUT2D eigenvalue weighted by molar-refractivity contribution is 6.33. The van der Waals surface area contributed by atoms with Gasteiger partial charge in [0.2, 0.25) is 0 Å². The van der Waals surface area contributed by atoms with Crippen molar-refractivity contribution in [3.05, 3.63) is 84.4 Å². The maximum Gasteiger partial charge on any atom is 0.153 e. The Bertz CT molecular complexity index is 965. The van der Waals surface area contributed by atoms with E-state index in [0.29, 0.717) is 5.02 Å². The lowest BCUT2D eigenvalue weighted by atomic mass is 10.0. The Balaban J connectivity index is 1.69. The van der Waals surface area contributed by atoms with Gasteiger partial charge in [0.1, 0.15) is 0 Å². The lowest BCUT2D eigenvalue weighted by Gasteiger charge is -2.05. The summed E-state index contributed by atoms with van der Waals surface area (Å²) in [7, 11) is 0. The fraction of sp³-hybridized carbons (Fsp3) is 0. The number of hydrogen-bond acceptors (Lipinski definition) is 3. The summed E-state index contributed by atoms with van der Waals surface area (Å²) >= 11 is 6.46. The van der Waals surface area contributed by atoms with Crippen LogP contribution in [0.2, 0.25) is 5.02 Å². The molecule has 0 bridgehead atoms. The Morgan fingerprint density at radius 1 is 0.833 bits per heavy atom. The average Bonchev–Trinajstić information content (AvgIpc) is 3.13. The second-order valence-electron chi connectivity index (χ2n) is 5.27. The molecule has 0 aliphatic heterocycles. The predicted octanol–water partition coefficient (Wildman–Crippen LogP) is 4.65. The molecule has 0 N–H and O–H groups in total. The van der Waals surface area contributed by atoms with Gasteiger partial charge in [-0.25, -0.2) is 9.67 Å². The zero-order chi connectivity index (χ0) is 16.4. The molecule has 1 aromatic carbocycles. The number of nitrogens with zero attached hydrogens (tertiary/aromatic N) is 4. The first-order valence-corrected chi connectivity index (χ1v) is 7.86. The molecule has 4 rings (SSSR count). The molecule has 0 fully saturated rings. The molecule has 116 valence electrons. The van der Waals surface area contributed by atoms with E-state index in [1.165, 1.54) is 0 Å². The molecule has 0 radical (unpaired) electrons. The van der Waals surface area contributed by atoms with E-state index in [1.54, 1.807) is 23.3 Å². The monoisotopic (exact) mass is 332 g/mol. The van der Waals surface area contributed by atoms with Gasteiger partial charge >= 0.3 is 0 Å². The molecule has 0 spiro atoms. The van der Waals surface area contributed by atoms with Gasteiger partial charge in [-0.05, 0) is 35.9 Å². The molecule has 0 amide bonds. The van der Waals surface area contributed by atoms with Gasteiger partial charge in [0, 0.05) is 29.7 Å². The van der Waals surface area contributed by atoms with E-state index in [-0.39, 0.29) is 0 Å². The lowest BCUT2D eigenvalue weighted by molar-refractivity contribution is 0.847. The van der Waals surface area contributed by atoms with Crippen molar-refractivity contribution in [2.45, 2.75) is 0 Å². The normalized spacial score (nSPS) is 10.7.